The van der Waals surface area contributed by atoms with Gasteiger partial charge in [0.1, 0.15) is 11.2 Å². The third-order valence-corrected chi connectivity index (χ3v) is 5.43. The summed E-state index contributed by atoms with van der Waals surface area (Å²) in [6, 6.07) is 7.21. The van der Waals surface area contributed by atoms with Crippen LogP contribution >= 0.6 is 0 Å². The largest absolute Gasteiger partial charge is 0.332 e. The Balaban J connectivity index is 1.67. The van der Waals surface area contributed by atoms with Crippen LogP contribution in [0.1, 0.15) is 24.7 Å². The molecule has 1 aliphatic rings. The van der Waals surface area contributed by atoms with E-state index in [1.54, 1.807) is 29.4 Å². The Morgan fingerprint density at radius 2 is 1.93 bits per heavy atom. The van der Waals surface area contributed by atoms with E-state index in [0.717, 1.165) is 19.4 Å². The van der Waals surface area contributed by atoms with Gasteiger partial charge in [0.25, 0.3) is 11.1 Å². The van der Waals surface area contributed by atoms with Gasteiger partial charge in [0.2, 0.25) is 5.95 Å². The number of rotatable bonds is 2. The molecule has 0 amide bonds. The first-order chi connectivity index (χ1) is 13.5. The number of benzene rings is 1. The van der Waals surface area contributed by atoms with Crippen molar-refractivity contribution in [3.63, 3.8) is 0 Å². The predicted molar refractivity (Wildman–Crippen MR) is 105 cm³/mol. The second-order valence-corrected chi connectivity index (χ2v) is 7.10. The van der Waals surface area contributed by atoms with Gasteiger partial charge in [-0.25, -0.2) is 4.98 Å². The number of hydrogen-bond donors (Lipinski definition) is 1. The summed E-state index contributed by atoms with van der Waals surface area (Å²) in [5.41, 5.74) is 0.913. The van der Waals surface area contributed by atoms with Crippen LogP contribution in [-0.4, -0.2) is 35.8 Å². The van der Waals surface area contributed by atoms with Crippen molar-refractivity contribution in [2.24, 2.45) is 14.1 Å². The molecular formula is C19H19N7O2. The third kappa shape index (κ3) is 2.35. The number of aromatic amines is 1. The van der Waals surface area contributed by atoms with Gasteiger partial charge in [-0.2, -0.15) is 10.1 Å². The second-order valence-electron chi connectivity index (χ2n) is 7.10. The average Bonchev–Trinajstić information content (AvgIpc) is 3.32. The molecule has 0 bridgehead atoms. The Bertz CT molecular complexity index is 1330. The zero-order chi connectivity index (χ0) is 19.4. The fourth-order valence-corrected chi connectivity index (χ4v) is 3.98. The van der Waals surface area contributed by atoms with Crippen LogP contribution in [0.2, 0.25) is 0 Å². The summed E-state index contributed by atoms with van der Waals surface area (Å²) in [6.45, 7) is 0.722. The lowest BCUT2D eigenvalue weighted by Gasteiger charge is -2.26. The van der Waals surface area contributed by atoms with Crippen molar-refractivity contribution in [3.8, 4) is 0 Å². The molecule has 9 heteroatoms. The quantitative estimate of drug-likeness (QED) is 0.564. The zero-order valence-corrected chi connectivity index (χ0v) is 15.6. The van der Waals surface area contributed by atoms with Gasteiger partial charge in [-0.1, -0.05) is 12.1 Å². The molecule has 1 saturated heterocycles. The van der Waals surface area contributed by atoms with E-state index in [2.05, 4.69) is 15.1 Å². The number of fused-ring (bicyclic) bond motifs is 2. The topological polar surface area (TPSA) is 102 Å². The summed E-state index contributed by atoms with van der Waals surface area (Å²) in [7, 11) is 3.50. The second kappa shape index (κ2) is 6.01. The molecule has 3 aromatic heterocycles. The molecule has 1 unspecified atom stereocenters. The van der Waals surface area contributed by atoms with E-state index in [1.807, 2.05) is 23.1 Å². The van der Waals surface area contributed by atoms with E-state index in [4.69, 9.17) is 4.98 Å². The number of nitrogens with zero attached hydrogens (tertiary/aromatic N) is 6. The third-order valence-electron chi connectivity index (χ3n) is 5.43. The van der Waals surface area contributed by atoms with Crippen LogP contribution in [0.4, 0.5) is 5.95 Å². The highest BCUT2D eigenvalue weighted by Crippen LogP contribution is 2.33. The molecule has 0 spiro atoms. The van der Waals surface area contributed by atoms with Crippen molar-refractivity contribution in [1.29, 1.82) is 0 Å². The molecule has 0 aliphatic carbocycles. The number of anilines is 1. The number of nitrogens with one attached hydrogen (secondary N) is 1. The highest BCUT2D eigenvalue weighted by molar-refractivity contribution is 5.77. The van der Waals surface area contributed by atoms with Gasteiger partial charge in [0.15, 0.2) is 5.65 Å². The molecule has 142 valence electrons. The molecule has 4 aromatic rings. The maximum atomic E-state index is 12.8. The predicted octanol–water partition coefficient (Wildman–Crippen LogP) is 1.24. The minimum absolute atomic E-state index is 0.0732. The highest BCUT2D eigenvalue weighted by atomic mass is 16.1. The zero-order valence-electron chi connectivity index (χ0n) is 15.6. The fraction of sp³-hybridized carbons (Fsp3) is 0.316. The summed E-state index contributed by atoms with van der Waals surface area (Å²) >= 11 is 0. The van der Waals surface area contributed by atoms with Gasteiger partial charge in [0.05, 0.1) is 23.1 Å². The van der Waals surface area contributed by atoms with Crippen molar-refractivity contribution in [2.45, 2.75) is 18.9 Å². The highest BCUT2D eigenvalue weighted by Gasteiger charge is 2.31. The summed E-state index contributed by atoms with van der Waals surface area (Å²) in [6.07, 6.45) is 3.26. The van der Waals surface area contributed by atoms with Gasteiger partial charge in [-0.05, 0) is 25.0 Å². The average molecular weight is 377 g/mol. The Kier molecular flexibility index (Phi) is 3.58. The monoisotopic (exact) mass is 377 g/mol. The van der Waals surface area contributed by atoms with Gasteiger partial charge < -0.3 is 4.90 Å². The molecule has 28 heavy (non-hydrogen) atoms. The van der Waals surface area contributed by atoms with Crippen LogP contribution in [0.3, 0.4) is 0 Å². The number of H-pyrrole nitrogens is 1. The molecule has 9 nitrogen and oxygen atoms in total. The lowest BCUT2D eigenvalue weighted by atomic mass is 10.1. The molecule has 4 heterocycles. The maximum Gasteiger partial charge on any atom is 0.263 e. The first kappa shape index (κ1) is 16.7. The first-order valence-electron chi connectivity index (χ1n) is 9.19. The summed E-state index contributed by atoms with van der Waals surface area (Å²) < 4.78 is 3.19. The Morgan fingerprint density at radius 1 is 1.11 bits per heavy atom. The molecule has 1 aliphatic heterocycles. The fourth-order valence-electron chi connectivity index (χ4n) is 3.98. The molecule has 5 rings (SSSR count). The Morgan fingerprint density at radius 3 is 2.79 bits per heavy atom. The summed E-state index contributed by atoms with van der Waals surface area (Å²) in [5.74, 6) is 1.15. The van der Waals surface area contributed by atoms with Crippen LogP contribution in [0.25, 0.3) is 21.9 Å². The van der Waals surface area contributed by atoms with Crippen LogP contribution in [0, 0.1) is 0 Å². The van der Waals surface area contributed by atoms with E-state index in [9.17, 15) is 9.59 Å². The first-order valence-corrected chi connectivity index (χ1v) is 9.19. The molecule has 0 radical (unpaired) electrons. The number of para-hydroxylation sites is 1. The van der Waals surface area contributed by atoms with E-state index in [-0.39, 0.29) is 17.2 Å². The van der Waals surface area contributed by atoms with Crippen LogP contribution in [0.15, 0.2) is 40.1 Å². The van der Waals surface area contributed by atoms with Crippen molar-refractivity contribution in [1.82, 2.24) is 29.3 Å². The smallest absolute Gasteiger partial charge is 0.263 e. The van der Waals surface area contributed by atoms with Crippen molar-refractivity contribution < 1.29 is 0 Å². The molecular weight excluding hydrogens is 358 g/mol. The van der Waals surface area contributed by atoms with E-state index in [1.165, 1.54) is 6.20 Å². The lowest BCUT2D eigenvalue weighted by Crippen LogP contribution is -2.32. The summed E-state index contributed by atoms with van der Waals surface area (Å²) in [5, 5.41) is 5.17. The molecule has 1 atom stereocenters. The molecule has 1 N–H and O–H groups in total. The van der Waals surface area contributed by atoms with Gasteiger partial charge in [0, 0.05) is 20.6 Å². The van der Waals surface area contributed by atoms with Crippen molar-refractivity contribution in [3.05, 3.63) is 57.0 Å². The van der Waals surface area contributed by atoms with Crippen molar-refractivity contribution in [2.75, 3.05) is 11.4 Å². The van der Waals surface area contributed by atoms with E-state index < -0.39 is 0 Å². The number of aryl methyl sites for hydroxylation is 1. The Hall–Kier alpha value is -3.49. The van der Waals surface area contributed by atoms with Crippen LogP contribution in [0.5, 0.6) is 0 Å². The van der Waals surface area contributed by atoms with Gasteiger partial charge in [-0.15, -0.1) is 0 Å². The normalized spacial score (nSPS) is 17.1. The maximum absolute atomic E-state index is 12.8. The molecule has 1 fully saturated rings. The lowest BCUT2D eigenvalue weighted by molar-refractivity contribution is 0.602. The van der Waals surface area contributed by atoms with Crippen LogP contribution in [-0.2, 0) is 14.1 Å². The Labute approximate surface area is 159 Å². The van der Waals surface area contributed by atoms with E-state index >= 15 is 0 Å². The summed E-state index contributed by atoms with van der Waals surface area (Å²) in [4.78, 5) is 39.5. The van der Waals surface area contributed by atoms with E-state index in [0.29, 0.717) is 33.7 Å². The number of hydrogen-bond acceptors (Lipinski definition) is 6. The van der Waals surface area contributed by atoms with Gasteiger partial charge >= 0.3 is 0 Å². The van der Waals surface area contributed by atoms with Crippen molar-refractivity contribution >= 4 is 27.9 Å². The number of aromatic nitrogens is 6. The standard InChI is InChI=1S/C19H19N7O2/c1-24-16(21-13-7-4-3-6-11(13)18(24)28)14-8-5-9-26(14)19-22-15-12(17(27)23-19)10-20-25(15)2/h3-4,6-7,10,14H,5,8-9H2,1-2H3,(H,22,23,27). The minimum Gasteiger partial charge on any atom is -0.332 e. The molecule has 0 saturated carbocycles. The SMILES string of the molecule is Cn1c(C2CCCN2c2nc3c(cnn3C)c(=O)[nH]2)nc2ccccc2c1=O. The minimum atomic E-state index is -0.223. The van der Waals surface area contributed by atoms with Gasteiger partial charge in [-0.3, -0.25) is 23.8 Å². The molecule has 1 aromatic carbocycles. The van der Waals surface area contributed by atoms with Crippen LogP contribution < -0.4 is 16.0 Å².